The standard InChI is InChI=1S/C18H30N/c1-2-3-4-11-16-19-17-12-6-5-8-13-18-14-9-7-10-15-18/h7,9-10,14-15,19H,1-6,8,11-13,16-17H2. The molecule has 107 valence electrons. The zero-order valence-corrected chi connectivity index (χ0v) is 12.4. The van der Waals surface area contributed by atoms with Gasteiger partial charge in [0.1, 0.15) is 0 Å². The Balaban J connectivity index is 1.79. The fourth-order valence-corrected chi connectivity index (χ4v) is 2.31. The van der Waals surface area contributed by atoms with Crippen LogP contribution in [0.1, 0.15) is 56.9 Å². The predicted molar refractivity (Wildman–Crippen MR) is 85.3 cm³/mol. The van der Waals surface area contributed by atoms with Crippen molar-refractivity contribution in [2.45, 2.75) is 57.8 Å². The summed E-state index contributed by atoms with van der Waals surface area (Å²) in [7, 11) is 0. The topological polar surface area (TPSA) is 12.0 Å². The highest BCUT2D eigenvalue weighted by Crippen LogP contribution is 2.07. The molecule has 0 fully saturated rings. The summed E-state index contributed by atoms with van der Waals surface area (Å²) in [5, 5.41) is 3.53. The lowest BCUT2D eigenvalue weighted by Gasteiger charge is -2.05. The van der Waals surface area contributed by atoms with Gasteiger partial charge in [-0.25, -0.2) is 0 Å². The lowest BCUT2D eigenvalue weighted by Crippen LogP contribution is -2.16. The Hall–Kier alpha value is -0.820. The van der Waals surface area contributed by atoms with Crippen LogP contribution in [0.2, 0.25) is 0 Å². The number of hydrogen-bond acceptors (Lipinski definition) is 1. The van der Waals surface area contributed by atoms with E-state index in [1.165, 1.54) is 70.0 Å². The molecule has 1 N–H and O–H groups in total. The Labute approximate surface area is 119 Å². The van der Waals surface area contributed by atoms with Gasteiger partial charge in [-0.15, -0.1) is 0 Å². The lowest BCUT2D eigenvalue weighted by molar-refractivity contribution is 0.562. The van der Waals surface area contributed by atoms with Crippen LogP contribution in [0.4, 0.5) is 0 Å². The van der Waals surface area contributed by atoms with E-state index >= 15 is 0 Å². The lowest BCUT2D eigenvalue weighted by atomic mass is 10.1. The largest absolute Gasteiger partial charge is 0.317 e. The van der Waals surface area contributed by atoms with E-state index in [1.807, 2.05) is 0 Å². The van der Waals surface area contributed by atoms with Crippen LogP contribution in [0, 0.1) is 6.92 Å². The third-order valence-corrected chi connectivity index (χ3v) is 3.52. The molecular formula is C18H30N. The van der Waals surface area contributed by atoms with Gasteiger partial charge in [0, 0.05) is 0 Å². The first-order valence-corrected chi connectivity index (χ1v) is 7.97. The van der Waals surface area contributed by atoms with Crippen molar-refractivity contribution in [1.82, 2.24) is 5.32 Å². The number of hydrogen-bond donors (Lipinski definition) is 1. The minimum Gasteiger partial charge on any atom is -0.317 e. The van der Waals surface area contributed by atoms with Crippen LogP contribution in [-0.2, 0) is 6.42 Å². The average molecular weight is 260 g/mol. The quantitative estimate of drug-likeness (QED) is 0.534. The molecule has 1 aromatic rings. The van der Waals surface area contributed by atoms with Gasteiger partial charge in [0.05, 0.1) is 0 Å². The van der Waals surface area contributed by atoms with Crippen molar-refractivity contribution in [2.75, 3.05) is 13.1 Å². The summed E-state index contributed by atoms with van der Waals surface area (Å²) in [6.07, 6.45) is 11.6. The number of benzene rings is 1. The zero-order valence-electron chi connectivity index (χ0n) is 12.4. The van der Waals surface area contributed by atoms with Gasteiger partial charge in [-0.2, -0.15) is 0 Å². The zero-order chi connectivity index (χ0) is 13.6. The molecular weight excluding hydrogens is 230 g/mol. The van der Waals surface area contributed by atoms with Gasteiger partial charge in [-0.05, 0) is 44.3 Å². The normalized spacial score (nSPS) is 10.8. The molecule has 1 heteroatoms. The van der Waals surface area contributed by atoms with Crippen LogP contribution in [-0.4, -0.2) is 13.1 Å². The fraction of sp³-hybridized carbons (Fsp3) is 0.611. The molecule has 0 atom stereocenters. The first-order chi connectivity index (χ1) is 9.43. The summed E-state index contributed by atoms with van der Waals surface area (Å²) in [4.78, 5) is 0. The van der Waals surface area contributed by atoms with E-state index in [2.05, 4.69) is 42.6 Å². The van der Waals surface area contributed by atoms with Gasteiger partial charge in [-0.3, -0.25) is 0 Å². The number of nitrogens with one attached hydrogen (secondary N) is 1. The second kappa shape index (κ2) is 12.2. The van der Waals surface area contributed by atoms with Crippen molar-refractivity contribution in [3.8, 4) is 0 Å². The molecule has 0 amide bonds. The van der Waals surface area contributed by atoms with Gasteiger partial charge in [0.15, 0.2) is 0 Å². The average Bonchev–Trinajstić information content (AvgIpc) is 2.46. The molecule has 0 bridgehead atoms. The van der Waals surface area contributed by atoms with Gasteiger partial charge in [0.2, 0.25) is 0 Å². The number of unbranched alkanes of at least 4 members (excludes halogenated alkanes) is 6. The Morgan fingerprint density at radius 1 is 0.737 bits per heavy atom. The molecule has 0 unspecified atom stereocenters. The highest BCUT2D eigenvalue weighted by molar-refractivity contribution is 5.14. The molecule has 0 aliphatic heterocycles. The van der Waals surface area contributed by atoms with E-state index in [9.17, 15) is 0 Å². The first-order valence-electron chi connectivity index (χ1n) is 7.97. The minimum absolute atomic E-state index is 1.08. The molecule has 0 heterocycles. The third kappa shape index (κ3) is 9.72. The highest BCUT2D eigenvalue weighted by Gasteiger charge is 1.93. The molecule has 0 spiro atoms. The molecule has 1 radical (unpaired) electrons. The smallest absolute Gasteiger partial charge is 0.00489 e. The molecule has 0 saturated carbocycles. The summed E-state index contributed by atoms with van der Waals surface area (Å²) in [6, 6.07) is 10.8. The fourth-order valence-electron chi connectivity index (χ4n) is 2.31. The van der Waals surface area contributed by atoms with Gasteiger partial charge < -0.3 is 5.32 Å². The van der Waals surface area contributed by atoms with Gasteiger partial charge >= 0.3 is 0 Å². The van der Waals surface area contributed by atoms with Crippen molar-refractivity contribution in [2.24, 2.45) is 0 Å². The molecule has 1 aromatic carbocycles. The van der Waals surface area contributed by atoms with Crippen molar-refractivity contribution in [1.29, 1.82) is 0 Å². The summed E-state index contributed by atoms with van der Waals surface area (Å²) < 4.78 is 0. The second-order valence-corrected chi connectivity index (χ2v) is 5.31. The van der Waals surface area contributed by atoms with Crippen LogP contribution < -0.4 is 5.32 Å². The van der Waals surface area contributed by atoms with Crippen molar-refractivity contribution < 1.29 is 0 Å². The molecule has 1 rings (SSSR count). The maximum absolute atomic E-state index is 3.86. The van der Waals surface area contributed by atoms with E-state index < -0.39 is 0 Å². The Kier molecular flexibility index (Phi) is 10.4. The van der Waals surface area contributed by atoms with E-state index in [1.54, 1.807) is 0 Å². The van der Waals surface area contributed by atoms with Gasteiger partial charge in [0.25, 0.3) is 0 Å². The minimum atomic E-state index is 1.08. The maximum atomic E-state index is 3.86. The molecule has 0 aliphatic carbocycles. The van der Waals surface area contributed by atoms with Crippen LogP contribution in [0.3, 0.4) is 0 Å². The predicted octanol–water partition coefficient (Wildman–Crippen LogP) is 4.77. The highest BCUT2D eigenvalue weighted by atomic mass is 14.8. The van der Waals surface area contributed by atoms with Crippen molar-refractivity contribution >= 4 is 0 Å². The van der Waals surface area contributed by atoms with Gasteiger partial charge in [-0.1, -0.05) is 69.4 Å². The van der Waals surface area contributed by atoms with Crippen molar-refractivity contribution in [3.05, 3.63) is 42.8 Å². The Bertz CT molecular complexity index is 281. The summed E-state index contributed by atoms with van der Waals surface area (Å²) in [5.74, 6) is 0. The van der Waals surface area contributed by atoms with Crippen LogP contribution in [0.25, 0.3) is 0 Å². The Morgan fingerprint density at radius 3 is 2.05 bits per heavy atom. The molecule has 0 aliphatic rings. The van der Waals surface area contributed by atoms with Crippen LogP contribution in [0.15, 0.2) is 30.3 Å². The maximum Gasteiger partial charge on any atom is -0.00489 e. The third-order valence-electron chi connectivity index (χ3n) is 3.52. The van der Waals surface area contributed by atoms with E-state index in [4.69, 9.17) is 0 Å². The van der Waals surface area contributed by atoms with Crippen LogP contribution in [0.5, 0.6) is 0 Å². The molecule has 1 nitrogen and oxygen atoms in total. The summed E-state index contributed by atoms with van der Waals surface area (Å²) >= 11 is 0. The summed E-state index contributed by atoms with van der Waals surface area (Å²) in [6.45, 7) is 6.24. The first kappa shape index (κ1) is 16.2. The Morgan fingerprint density at radius 2 is 1.37 bits per heavy atom. The number of rotatable bonds is 12. The molecule has 19 heavy (non-hydrogen) atoms. The molecule has 0 aromatic heterocycles. The molecule has 0 saturated heterocycles. The SMILES string of the molecule is [CH2]CCCCCNCCCCCCc1ccccc1. The second-order valence-electron chi connectivity index (χ2n) is 5.31. The monoisotopic (exact) mass is 260 g/mol. The van der Waals surface area contributed by atoms with E-state index in [-0.39, 0.29) is 0 Å². The van der Waals surface area contributed by atoms with Crippen molar-refractivity contribution in [3.63, 3.8) is 0 Å². The van der Waals surface area contributed by atoms with E-state index in [0.29, 0.717) is 0 Å². The summed E-state index contributed by atoms with van der Waals surface area (Å²) in [5.41, 5.74) is 1.48. The number of aryl methyl sites for hydroxylation is 1. The van der Waals surface area contributed by atoms with E-state index in [0.717, 1.165) is 6.42 Å². The van der Waals surface area contributed by atoms with Crippen LogP contribution >= 0.6 is 0 Å².